The van der Waals surface area contributed by atoms with E-state index in [2.05, 4.69) is 29.8 Å². The molecule has 126 valence electrons. The molecule has 7 nitrogen and oxygen atoms in total. The molecule has 1 rings (SSSR count). The number of piperidine rings is 1. The number of amides is 4. The Morgan fingerprint density at radius 3 is 2.23 bits per heavy atom. The van der Waals surface area contributed by atoms with Crippen LogP contribution in [0.5, 0.6) is 0 Å². The topological polar surface area (TPSA) is 90.5 Å². The summed E-state index contributed by atoms with van der Waals surface area (Å²) in [6.45, 7) is 7.74. The Morgan fingerprint density at radius 2 is 1.73 bits per heavy atom. The Hall–Kier alpha value is -1.63. The largest absolute Gasteiger partial charge is 0.353 e. The summed E-state index contributed by atoms with van der Waals surface area (Å²) in [6, 6.07) is -0.328. The van der Waals surface area contributed by atoms with Crippen molar-refractivity contribution in [3.63, 3.8) is 0 Å². The number of nitrogens with one attached hydrogen (secondary N) is 3. The molecular weight excluding hydrogens is 284 g/mol. The molecule has 0 radical (unpaired) electrons. The van der Waals surface area contributed by atoms with E-state index in [9.17, 15) is 14.4 Å². The van der Waals surface area contributed by atoms with Gasteiger partial charge in [0.2, 0.25) is 11.8 Å². The average molecular weight is 312 g/mol. The fourth-order valence-electron chi connectivity index (χ4n) is 2.29. The van der Waals surface area contributed by atoms with Gasteiger partial charge in [0, 0.05) is 19.0 Å². The van der Waals surface area contributed by atoms with E-state index in [-0.39, 0.29) is 30.3 Å². The highest BCUT2D eigenvalue weighted by molar-refractivity contribution is 5.95. The van der Waals surface area contributed by atoms with Crippen LogP contribution in [0.25, 0.3) is 0 Å². The molecule has 0 spiro atoms. The van der Waals surface area contributed by atoms with Gasteiger partial charge in [0.05, 0.1) is 6.54 Å². The number of hydrogen-bond acceptors (Lipinski definition) is 4. The molecule has 1 fully saturated rings. The number of imide groups is 1. The second-order valence-corrected chi connectivity index (χ2v) is 6.22. The zero-order valence-corrected chi connectivity index (χ0v) is 13.9. The van der Waals surface area contributed by atoms with Crippen LogP contribution in [0.15, 0.2) is 0 Å². The van der Waals surface area contributed by atoms with Crippen LogP contribution in [0.1, 0.15) is 33.6 Å². The minimum absolute atomic E-state index is 0.0134. The summed E-state index contributed by atoms with van der Waals surface area (Å²) in [6.07, 6.45) is 1.48. The number of likely N-dealkylation sites (tertiary alicyclic amines) is 1. The quantitative estimate of drug-likeness (QED) is 0.682. The third kappa shape index (κ3) is 6.01. The lowest BCUT2D eigenvalue weighted by molar-refractivity contribution is -0.127. The molecule has 1 heterocycles. The standard InChI is InChI=1S/C15H28N4O3/c1-10(2)11(3)17-14(21)12-5-7-19(8-6-12)9-13(20)18-15(22)16-4/h10-12H,5-9H2,1-4H3,(H,17,21)(H2,16,18,20,22)/t11-/m0/s1. The second-order valence-electron chi connectivity index (χ2n) is 6.22. The Labute approximate surface area is 132 Å². The van der Waals surface area contributed by atoms with Crippen molar-refractivity contribution in [2.45, 2.75) is 39.7 Å². The van der Waals surface area contributed by atoms with Crippen LogP contribution >= 0.6 is 0 Å². The van der Waals surface area contributed by atoms with Crippen LogP contribution in [-0.4, -0.2) is 55.5 Å². The Kier molecular flexibility index (Phi) is 7.31. The second kappa shape index (κ2) is 8.73. The zero-order chi connectivity index (χ0) is 16.7. The van der Waals surface area contributed by atoms with Gasteiger partial charge in [-0.15, -0.1) is 0 Å². The highest BCUT2D eigenvalue weighted by Crippen LogP contribution is 2.17. The summed E-state index contributed by atoms with van der Waals surface area (Å²) < 4.78 is 0. The van der Waals surface area contributed by atoms with E-state index >= 15 is 0 Å². The van der Waals surface area contributed by atoms with E-state index in [0.29, 0.717) is 19.0 Å². The number of hydrogen-bond donors (Lipinski definition) is 3. The van der Waals surface area contributed by atoms with E-state index < -0.39 is 6.03 Å². The molecule has 0 unspecified atom stereocenters. The SMILES string of the molecule is CNC(=O)NC(=O)CN1CCC(C(=O)N[C@@H](C)C(C)C)CC1. The molecule has 0 aromatic rings. The molecule has 22 heavy (non-hydrogen) atoms. The number of carbonyl (C=O) groups is 3. The first-order valence-electron chi connectivity index (χ1n) is 7.87. The first kappa shape index (κ1) is 18.4. The van der Waals surface area contributed by atoms with Gasteiger partial charge in [0.25, 0.3) is 0 Å². The van der Waals surface area contributed by atoms with Crippen molar-refractivity contribution in [1.29, 1.82) is 0 Å². The van der Waals surface area contributed by atoms with Crippen LogP contribution in [0.3, 0.4) is 0 Å². The fraction of sp³-hybridized carbons (Fsp3) is 0.800. The number of nitrogens with zero attached hydrogens (tertiary/aromatic N) is 1. The minimum Gasteiger partial charge on any atom is -0.353 e. The van der Waals surface area contributed by atoms with Crippen molar-refractivity contribution in [1.82, 2.24) is 20.9 Å². The van der Waals surface area contributed by atoms with Crippen molar-refractivity contribution in [3.8, 4) is 0 Å². The molecule has 0 saturated carbocycles. The smallest absolute Gasteiger partial charge is 0.321 e. The van der Waals surface area contributed by atoms with Gasteiger partial charge < -0.3 is 10.6 Å². The fourth-order valence-corrected chi connectivity index (χ4v) is 2.29. The Balaban J connectivity index is 2.32. The third-order valence-electron chi connectivity index (χ3n) is 4.18. The monoisotopic (exact) mass is 312 g/mol. The van der Waals surface area contributed by atoms with Crippen LogP contribution in [0.4, 0.5) is 4.79 Å². The van der Waals surface area contributed by atoms with Gasteiger partial charge in [-0.3, -0.25) is 19.8 Å². The molecule has 0 bridgehead atoms. The van der Waals surface area contributed by atoms with Crippen molar-refractivity contribution in [3.05, 3.63) is 0 Å². The zero-order valence-electron chi connectivity index (χ0n) is 13.9. The highest BCUT2D eigenvalue weighted by atomic mass is 16.2. The molecule has 0 aromatic carbocycles. The van der Waals surface area contributed by atoms with Crippen LogP contribution in [0.2, 0.25) is 0 Å². The third-order valence-corrected chi connectivity index (χ3v) is 4.18. The van der Waals surface area contributed by atoms with E-state index in [1.165, 1.54) is 7.05 Å². The van der Waals surface area contributed by atoms with Crippen molar-refractivity contribution < 1.29 is 14.4 Å². The Bertz CT molecular complexity index is 404. The molecule has 1 aliphatic rings. The summed E-state index contributed by atoms with van der Waals surface area (Å²) in [5, 5.41) is 7.63. The summed E-state index contributed by atoms with van der Waals surface area (Å²) >= 11 is 0. The first-order chi connectivity index (χ1) is 10.3. The molecule has 4 amide bonds. The maximum absolute atomic E-state index is 12.2. The molecule has 7 heteroatoms. The minimum atomic E-state index is -0.498. The molecule has 0 aromatic heterocycles. The number of urea groups is 1. The van der Waals surface area contributed by atoms with Gasteiger partial charge in [0.15, 0.2) is 0 Å². The average Bonchev–Trinajstić information content (AvgIpc) is 2.47. The maximum atomic E-state index is 12.2. The van der Waals surface area contributed by atoms with Crippen LogP contribution in [-0.2, 0) is 9.59 Å². The van der Waals surface area contributed by atoms with E-state index in [1.807, 2.05) is 11.8 Å². The van der Waals surface area contributed by atoms with Gasteiger partial charge in [-0.2, -0.15) is 0 Å². The predicted molar refractivity (Wildman–Crippen MR) is 84.2 cm³/mol. The summed E-state index contributed by atoms with van der Waals surface area (Å²) in [5.41, 5.74) is 0. The summed E-state index contributed by atoms with van der Waals surface area (Å²) in [5.74, 6) is 0.211. The maximum Gasteiger partial charge on any atom is 0.321 e. The molecule has 1 aliphatic heterocycles. The molecule has 1 saturated heterocycles. The van der Waals surface area contributed by atoms with Gasteiger partial charge in [0.1, 0.15) is 0 Å². The summed E-state index contributed by atoms with van der Waals surface area (Å²) in [4.78, 5) is 36.8. The highest BCUT2D eigenvalue weighted by Gasteiger charge is 2.27. The van der Waals surface area contributed by atoms with Gasteiger partial charge >= 0.3 is 6.03 Å². The van der Waals surface area contributed by atoms with E-state index in [4.69, 9.17) is 0 Å². The molecule has 1 atom stereocenters. The lowest BCUT2D eigenvalue weighted by Crippen LogP contribution is -2.48. The molecular formula is C15H28N4O3. The lowest BCUT2D eigenvalue weighted by atomic mass is 9.95. The molecule has 3 N–H and O–H groups in total. The van der Waals surface area contributed by atoms with Crippen molar-refractivity contribution in [2.75, 3.05) is 26.7 Å². The summed E-state index contributed by atoms with van der Waals surface area (Å²) in [7, 11) is 1.46. The van der Waals surface area contributed by atoms with E-state index in [0.717, 1.165) is 12.8 Å². The number of rotatable bonds is 5. The van der Waals surface area contributed by atoms with E-state index in [1.54, 1.807) is 0 Å². The normalized spacial score (nSPS) is 17.9. The van der Waals surface area contributed by atoms with Crippen LogP contribution < -0.4 is 16.0 Å². The van der Waals surface area contributed by atoms with Crippen molar-refractivity contribution >= 4 is 17.8 Å². The lowest BCUT2D eigenvalue weighted by Gasteiger charge is -2.31. The van der Waals surface area contributed by atoms with Gasteiger partial charge in [-0.1, -0.05) is 13.8 Å². The predicted octanol–water partition coefficient (Wildman–Crippen LogP) is 0.315. The molecule has 0 aliphatic carbocycles. The van der Waals surface area contributed by atoms with Crippen molar-refractivity contribution in [2.24, 2.45) is 11.8 Å². The Morgan fingerprint density at radius 1 is 1.14 bits per heavy atom. The number of carbonyl (C=O) groups excluding carboxylic acids is 3. The van der Waals surface area contributed by atoms with Crippen LogP contribution in [0, 0.1) is 11.8 Å². The van der Waals surface area contributed by atoms with Gasteiger partial charge in [-0.05, 0) is 38.8 Å². The van der Waals surface area contributed by atoms with Gasteiger partial charge in [-0.25, -0.2) is 4.79 Å². The first-order valence-corrected chi connectivity index (χ1v) is 7.87.